The molecule has 1 aromatic carbocycles. The molecule has 0 atom stereocenters. The smallest absolute Gasteiger partial charge is 0.290 e. The van der Waals surface area contributed by atoms with Gasteiger partial charge in [0.1, 0.15) is 0 Å². The Morgan fingerprint density at radius 2 is 2.19 bits per heavy atom. The van der Waals surface area contributed by atoms with E-state index in [1.807, 2.05) is 0 Å². The molecule has 0 aliphatic carbocycles. The second kappa shape index (κ2) is 4.31. The lowest BCUT2D eigenvalue weighted by molar-refractivity contribution is -0.385. The maximum Gasteiger partial charge on any atom is 0.290 e. The highest BCUT2D eigenvalue weighted by molar-refractivity contribution is 6.01. The molecule has 1 aromatic rings. The van der Waals surface area contributed by atoms with Gasteiger partial charge in [-0.15, -0.1) is 0 Å². The normalized spacial score (nSPS) is 9.25. The summed E-state index contributed by atoms with van der Waals surface area (Å²) in [5, 5.41) is 19.4. The van der Waals surface area contributed by atoms with E-state index < -0.39 is 16.4 Å². The van der Waals surface area contributed by atoms with Crippen molar-refractivity contribution in [3.63, 3.8) is 0 Å². The minimum Gasteiger partial charge on any atom is -0.298 e. The standard InChI is InChI=1S/C10H6N2O4/c1-6(14)9-3-7(4-11)2-8(5-13)10(9)12(15)16/h2-3,5H,1H3. The molecule has 0 heterocycles. The molecule has 16 heavy (non-hydrogen) atoms. The maximum atomic E-state index is 11.2. The van der Waals surface area contributed by atoms with Crippen molar-refractivity contribution in [2.45, 2.75) is 6.92 Å². The molecule has 80 valence electrons. The van der Waals surface area contributed by atoms with E-state index in [4.69, 9.17) is 5.26 Å². The lowest BCUT2D eigenvalue weighted by atomic mass is 10.0. The number of nitro benzene ring substituents is 1. The molecule has 1 rings (SSSR count). The number of nitrogens with zero attached hydrogens (tertiary/aromatic N) is 2. The number of rotatable bonds is 3. The number of carbonyl (C=O) groups excluding carboxylic acids is 2. The van der Waals surface area contributed by atoms with E-state index in [0.29, 0.717) is 0 Å². The highest BCUT2D eigenvalue weighted by Gasteiger charge is 2.23. The number of nitro groups is 1. The molecule has 0 saturated heterocycles. The van der Waals surface area contributed by atoms with Gasteiger partial charge in [0.2, 0.25) is 0 Å². The zero-order chi connectivity index (χ0) is 12.3. The summed E-state index contributed by atoms with van der Waals surface area (Å²) < 4.78 is 0. The van der Waals surface area contributed by atoms with Gasteiger partial charge in [0.05, 0.1) is 27.7 Å². The van der Waals surface area contributed by atoms with Gasteiger partial charge in [-0.1, -0.05) is 0 Å². The summed E-state index contributed by atoms with van der Waals surface area (Å²) in [4.78, 5) is 31.7. The van der Waals surface area contributed by atoms with Crippen molar-refractivity contribution < 1.29 is 14.5 Å². The molecule has 0 N–H and O–H groups in total. The van der Waals surface area contributed by atoms with Gasteiger partial charge >= 0.3 is 0 Å². The molecule has 0 aliphatic heterocycles. The summed E-state index contributed by atoms with van der Waals surface area (Å²) in [6.07, 6.45) is 0.255. The number of nitriles is 1. The summed E-state index contributed by atoms with van der Waals surface area (Å²) in [5.41, 5.74) is -1.01. The average Bonchev–Trinajstić information content (AvgIpc) is 2.26. The first-order valence-electron chi connectivity index (χ1n) is 4.20. The third-order valence-electron chi connectivity index (χ3n) is 1.96. The number of ketones is 1. The summed E-state index contributed by atoms with van der Waals surface area (Å²) in [5.74, 6) is -0.563. The zero-order valence-electron chi connectivity index (χ0n) is 8.26. The van der Waals surface area contributed by atoms with Crippen LogP contribution in [0.25, 0.3) is 0 Å². The first-order valence-corrected chi connectivity index (χ1v) is 4.20. The van der Waals surface area contributed by atoms with Crippen LogP contribution in [0.5, 0.6) is 0 Å². The predicted molar refractivity (Wildman–Crippen MR) is 53.2 cm³/mol. The third kappa shape index (κ3) is 1.93. The Balaban J connectivity index is 3.68. The third-order valence-corrected chi connectivity index (χ3v) is 1.96. The molecule has 6 heteroatoms. The Kier molecular flexibility index (Phi) is 3.11. The molecule has 0 radical (unpaired) electrons. The molecular weight excluding hydrogens is 212 g/mol. The topological polar surface area (TPSA) is 101 Å². The lowest BCUT2D eigenvalue weighted by Crippen LogP contribution is -2.04. The Morgan fingerprint density at radius 3 is 2.56 bits per heavy atom. The first kappa shape index (κ1) is 11.5. The van der Waals surface area contributed by atoms with Crippen LogP contribution in [0.2, 0.25) is 0 Å². The Morgan fingerprint density at radius 1 is 1.56 bits per heavy atom. The van der Waals surface area contributed by atoms with E-state index in [2.05, 4.69) is 0 Å². The number of Topliss-reactive ketones (excluding diaryl/α,β-unsaturated/α-hetero) is 1. The summed E-state index contributed by atoms with van der Waals surface area (Å²) in [6.45, 7) is 1.14. The fraction of sp³-hybridized carbons (Fsp3) is 0.100. The SMILES string of the molecule is CC(=O)c1cc(C#N)cc(C=O)c1[N+](=O)[O-]. The number of hydrogen-bond acceptors (Lipinski definition) is 5. The molecule has 0 aromatic heterocycles. The molecule has 0 unspecified atom stereocenters. The van der Waals surface area contributed by atoms with Gasteiger partial charge in [-0.2, -0.15) is 5.26 Å². The minimum atomic E-state index is -0.804. The highest BCUT2D eigenvalue weighted by Crippen LogP contribution is 2.24. The van der Waals surface area contributed by atoms with Gasteiger partial charge in [-0.3, -0.25) is 19.7 Å². The van der Waals surface area contributed by atoms with E-state index in [-0.39, 0.29) is 23.0 Å². The fourth-order valence-electron chi connectivity index (χ4n) is 1.28. The van der Waals surface area contributed by atoms with Crippen molar-refractivity contribution in [3.05, 3.63) is 38.9 Å². The molecule has 0 spiro atoms. The van der Waals surface area contributed by atoms with Crippen molar-refractivity contribution in [1.82, 2.24) is 0 Å². The highest BCUT2D eigenvalue weighted by atomic mass is 16.6. The largest absolute Gasteiger partial charge is 0.298 e. The minimum absolute atomic E-state index is 0.0397. The van der Waals surface area contributed by atoms with Crippen LogP contribution in [0.15, 0.2) is 12.1 Å². The zero-order valence-corrected chi connectivity index (χ0v) is 8.26. The molecule has 0 fully saturated rings. The number of hydrogen-bond donors (Lipinski definition) is 0. The molecule has 0 bridgehead atoms. The molecule has 0 saturated carbocycles. The van der Waals surface area contributed by atoms with Crippen LogP contribution in [0.3, 0.4) is 0 Å². The fourth-order valence-corrected chi connectivity index (χ4v) is 1.28. The van der Waals surface area contributed by atoms with Crippen LogP contribution in [-0.4, -0.2) is 17.0 Å². The molecule has 6 nitrogen and oxygen atoms in total. The number of aldehydes is 1. The quantitative estimate of drug-likeness (QED) is 0.331. The molecule has 0 aliphatic rings. The maximum absolute atomic E-state index is 11.2. The monoisotopic (exact) mass is 218 g/mol. The van der Waals surface area contributed by atoms with Gasteiger partial charge in [0.25, 0.3) is 5.69 Å². The second-order valence-electron chi connectivity index (χ2n) is 3.00. The Labute approximate surface area is 90.3 Å². The van der Waals surface area contributed by atoms with Crippen molar-refractivity contribution in [3.8, 4) is 6.07 Å². The van der Waals surface area contributed by atoms with Gasteiger partial charge in [0, 0.05) is 0 Å². The van der Waals surface area contributed by atoms with Gasteiger partial charge < -0.3 is 0 Å². The van der Waals surface area contributed by atoms with Crippen molar-refractivity contribution >= 4 is 17.8 Å². The Bertz CT molecular complexity index is 528. The lowest BCUT2D eigenvalue weighted by Gasteiger charge is -2.02. The predicted octanol–water partition coefficient (Wildman–Crippen LogP) is 1.48. The van der Waals surface area contributed by atoms with E-state index in [9.17, 15) is 19.7 Å². The van der Waals surface area contributed by atoms with Crippen molar-refractivity contribution in [2.24, 2.45) is 0 Å². The van der Waals surface area contributed by atoms with Crippen LogP contribution in [0.1, 0.15) is 33.2 Å². The van der Waals surface area contributed by atoms with Gasteiger partial charge in [0.15, 0.2) is 12.1 Å². The second-order valence-corrected chi connectivity index (χ2v) is 3.00. The van der Waals surface area contributed by atoms with Crippen molar-refractivity contribution in [2.75, 3.05) is 0 Å². The summed E-state index contributed by atoms with van der Waals surface area (Å²) in [7, 11) is 0. The Hall–Kier alpha value is -2.55. The molecular formula is C10H6N2O4. The molecule has 0 amide bonds. The van der Waals surface area contributed by atoms with Crippen LogP contribution in [-0.2, 0) is 0 Å². The summed E-state index contributed by atoms with van der Waals surface area (Å²) in [6, 6.07) is 3.91. The van der Waals surface area contributed by atoms with Gasteiger partial charge in [-0.05, 0) is 19.1 Å². The van der Waals surface area contributed by atoms with Crippen LogP contribution < -0.4 is 0 Å². The number of carbonyl (C=O) groups is 2. The van der Waals surface area contributed by atoms with E-state index >= 15 is 0 Å². The van der Waals surface area contributed by atoms with E-state index in [1.165, 1.54) is 0 Å². The number of benzene rings is 1. The average molecular weight is 218 g/mol. The van der Waals surface area contributed by atoms with Gasteiger partial charge in [-0.25, -0.2) is 0 Å². The van der Waals surface area contributed by atoms with E-state index in [1.54, 1.807) is 6.07 Å². The first-order chi connectivity index (χ1) is 7.51. The van der Waals surface area contributed by atoms with Crippen LogP contribution in [0.4, 0.5) is 5.69 Å². The summed E-state index contributed by atoms with van der Waals surface area (Å²) >= 11 is 0. The van der Waals surface area contributed by atoms with Crippen LogP contribution in [0, 0.1) is 21.4 Å². The van der Waals surface area contributed by atoms with E-state index in [0.717, 1.165) is 19.1 Å². The van der Waals surface area contributed by atoms with Crippen LogP contribution >= 0.6 is 0 Å². The van der Waals surface area contributed by atoms with Crippen molar-refractivity contribution in [1.29, 1.82) is 5.26 Å².